The van der Waals surface area contributed by atoms with E-state index in [1.54, 1.807) is 6.07 Å². The molecule has 0 bridgehead atoms. The number of hydrogen-bond acceptors (Lipinski definition) is 6. The topological polar surface area (TPSA) is 102 Å². The molecule has 7 nitrogen and oxygen atoms in total. The highest BCUT2D eigenvalue weighted by Gasteiger charge is 2.30. The van der Waals surface area contributed by atoms with Crippen LogP contribution in [-0.4, -0.2) is 34.9 Å². The number of nitrogens with zero attached hydrogens (tertiary/aromatic N) is 3. The van der Waals surface area contributed by atoms with Gasteiger partial charge in [-0.2, -0.15) is 0 Å². The fourth-order valence-electron chi connectivity index (χ4n) is 2.47. The minimum absolute atomic E-state index is 0. The number of carbonyl (C=O) groups excluding carboxylic acids is 1. The summed E-state index contributed by atoms with van der Waals surface area (Å²) in [5.41, 5.74) is 6.62. The van der Waals surface area contributed by atoms with Crippen LogP contribution in [0, 0.1) is 0 Å². The Labute approximate surface area is 169 Å². The zero-order chi connectivity index (χ0) is 18.0. The maximum Gasteiger partial charge on any atom is 0.293 e. The first-order valence-corrected chi connectivity index (χ1v) is 8.55. The molecule has 1 amide bonds. The lowest BCUT2D eigenvalue weighted by molar-refractivity contribution is 0.101. The maximum absolute atomic E-state index is 12.3. The smallest absolute Gasteiger partial charge is 0.293 e. The van der Waals surface area contributed by atoms with Crippen LogP contribution in [0.1, 0.15) is 23.1 Å². The first-order valence-electron chi connectivity index (χ1n) is 7.38. The van der Waals surface area contributed by atoms with Gasteiger partial charge >= 0.3 is 0 Å². The number of hydrogen-bond donors (Lipinski definition) is 2. The summed E-state index contributed by atoms with van der Waals surface area (Å²) in [7, 11) is 0. The van der Waals surface area contributed by atoms with Crippen LogP contribution in [0.15, 0.2) is 40.1 Å². The zero-order valence-corrected chi connectivity index (χ0v) is 16.9. The number of nitrogens with two attached hydrogens (primary N) is 1. The maximum atomic E-state index is 12.3. The van der Waals surface area contributed by atoms with Gasteiger partial charge in [0.25, 0.3) is 5.91 Å². The van der Waals surface area contributed by atoms with E-state index >= 15 is 0 Å². The van der Waals surface area contributed by atoms with Crippen molar-refractivity contribution in [2.45, 2.75) is 12.5 Å². The fourth-order valence-corrected chi connectivity index (χ4v) is 3.06. The molecule has 2 aromatic rings. The predicted octanol–water partition coefficient (Wildman–Crippen LogP) is 3.17. The van der Waals surface area contributed by atoms with Crippen LogP contribution >= 0.6 is 39.9 Å². The van der Waals surface area contributed by atoms with E-state index in [1.165, 1.54) is 12.4 Å². The van der Waals surface area contributed by atoms with Gasteiger partial charge in [-0.1, -0.05) is 27.5 Å². The number of aliphatic imine (C=N–C) groups is 1. The van der Waals surface area contributed by atoms with Crippen LogP contribution < -0.4 is 11.1 Å². The molecule has 1 aliphatic heterocycles. The Kier molecular flexibility index (Phi) is 6.57. The van der Waals surface area contributed by atoms with Crippen molar-refractivity contribution >= 4 is 57.4 Å². The number of carbonyl (C=O) groups is 1. The Bertz CT molecular complexity index is 847. The van der Waals surface area contributed by atoms with E-state index in [4.69, 9.17) is 22.1 Å². The van der Waals surface area contributed by atoms with E-state index in [0.29, 0.717) is 29.8 Å². The normalized spacial score (nSPS) is 19.3. The predicted molar refractivity (Wildman–Crippen MR) is 106 cm³/mol. The van der Waals surface area contributed by atoms with Crippen molar-refractivity contribution in [3.8, 4) is 0 Å². The average Bonchev–Trinajstić information content (AvgIpc) is 2.54. The van der Waals surface area contributed by atoms with E-state index in [0.717, 1.165) is 10.0 Å². The number of nitrogens with one attached hydrogen (secondary N) is 1. The third-order valence-corrected chi connectivity index (χ3v) is 4.28. The number of rotatable bonds is 3. The van der Waals surface area contributed by atoms with E-state index in [9.17, 15) is 4.79 Å². The number of halogens is 3. The number of ether oxygens (including phenoxy) is 1. The quantitative estimate of drug-likeness (QED) is 0.732. The number of amides is 1. The van der Waals surface area contributed by atoms with Gasteiger partial charge in [-0.25, -0.2) is 9.97 Å². The number of anilines is 1. The second-order valence-electron chi connectivity index (χ2n) is 5.78. The van der Waals surface area contributed by atoms with E-state index in [2.05, 4.69) is 36.2 Å². The van der Waals surface area contributed by atoms with Gasteiger partial charge in [0.15, 0.2) is 0 Å². The third kappa shape index (κ3) is 4.70. The molecule has 138 valence electrons. The number of amidine groups is 1. The van der Waals surface area contributed by atoms with Gasteiger partial charge in [0, 0.05) is 22.6 Å². The summed E-state index contributed by atoms with van der Waals surface area (Å²) in [4.78, 5) is 24.6. The Hall–Kier alpha value is -1.74. The van der Waals surface area contributed by atoms with Crippen LogP contribution in [0.25, 0.3) is 0 Å². The van der Waals surface area contributed by atoms with Crippen molar-refractivity contribution in [2.24, 2.45) is 10.7 Å². The summed E-state index contributed by atoms with van der Waals surface area (Å²) in [6.07, 6.45) is 2.74. The number of aromatic nitrogens is 2. The van der Waals surface area contributed by atoms with Gasteiger partial charge in [-0.05, 0) is 30.7 Å². The van der Waals surface area contributed by atoms with Crippen molar-refractivity contribution in [2.75, 3.05) is 18.5 Å². The molecule has 0 fully saturated rings. The summed E-state index contributed by atoms with van der Waals surface area (Å²) >= 11 is 9.19. The Morgan fingerprint density at radius 3 is 2.69 bits per heavy atom. The average molecular weight is 461 g/mol. The molecule has 0 radical (unpaired) electrons. The monoisotopic (exact) mass is 459 g/mol. The molecule has 2 heterocycles. The van der Waals surface area contributed by atoms with Crippen LogP contribution in [0.2, 0.25) is 5.02 Å². The van der Waals surface area contributed by atoms with E-state index in [-0.39, 0.29) is 18.2 Å². The SMILES string of the molecule is C[C@@]1(c2cc(Br)cc(NC(=O)c3ncc(Cl)cn3)c2)COCC(N)=N1.Cl. The second-order valence-corrected chi connectivity index (χ2v) is 7.13. The Balaban J connectivity index is 0.00000243. The van der Waals surface area contributed by atoms with Gasteiger partial charge in [0.05, 0.1) is 11.6 Å². The highest BCUT2D eigenvalue weighted by Crippen LogP contribution is 2.32. The zero-order valence-electron chi connectivity index (χ0n) is 13.7. The molecule has 10 heteroatoms. The Morgan fingerprint density at radius 2 is 2.04 bits per heavy atom. The summed E-state index contributed by atoms with van der Waals surface area (Å²) in [6.45, 7) is 2.65. The molecule has 1 aromatic carbocycles. The molecule has 1 aromatic heterocycles. The van der Waals surface area contributed by atoms with Gasteiger partial charge in [-0.3, -0.25) is 9.79 Å². The molecule has 0 saturated carbocycles. The molecule has 3 rings (SSSR count). The molecule has 0 unspecified atom stereocenters. The molecular formula is C16H16BrCl2N5O2. The van der Waals surface area contributed by atoms with Crippen LogP contribution in [-0.2, 0) is 10.3 Å². The van der Waals surface area contributed by atoms with Crippen LogP contribution in [0.4, 0.5) is 5.69 Å². The van der Waals surface area contributed by atoms with Crippen molar-refractivity contribution in [3.05, 3.63) is 51.5 Å². The molecule has 0 saturated heterocycles. The van der Waals surface area contributed by atoms with Crippen LogP contribution in [0.3, 0.4) is 0 Å². The highest BCUT2D eigenvalue weighted by molar-refractivity contribution is 9.10. The first-order chi connectivity index (χ1) is 11.9. The molecule has 1 atom stereocenters. The van der Waals surface area contributed by atoms with Gasteiger partial charge in [0.1, 0.15) is 18.0 Å². The van der Waals surface area contributed by atoms with Crippen molar-refractivity contribution in [1.29, 1.82) is 0 Å². The van der Waals surface area contributed by atoms with Crippen molar-refractivity contribution in [3.63, 3.8) is 0 Å². The lowest BCUT2D eigenvalue weighted by Crippen LogP contribution is -2.37. The largest absolute Gasteiger partial charge is 0.386 e. The molecule has 26 heavy (non-hydrogen) atoms. The van der Waals surface area contributed by atoms with Crippen molar-refractivity contribution < 1.29 is 9.53 Å². The van der Waals surface area contributed by atoms with Crippen LogP contribution in [0.5, 0.6) is 0 Å². The molecule has 1 aliphatic rings. The summed E-state index contributed by atoms with van der Waals surface area (Å²) in [6, 6.07) is 5.52. The minimum atomic E-state index is -0.623. The first kappa shape index (κ1) is 20.6. The van der Waals surface area contributed by atoms with Gasteiger partial charge in [0.2, 0.25) is 5.82 Å². The van der Waals surface area contributed by atoms with Gasteiger partial charge in [-0.15, -0.1) is 12.4 Å². The third-order valence-electron chi connectivity index (χ3n) is 3.62. The fraction of sp³-hybridized carbons (Fsp3) is 0.250. The van der Waals surface area contributed by atoms with E-state index < -0.39 is 11.4 Å². The van der Waals surface area contributed by atoms with Gasteiger partial charge < -0.3 is 15.8 Å². The lowest BCUT2D eigenvalue weighted by atomic mass is 9.92. The highest BCUT2D eigenvalue weighted by atomic mass is 79.9. The van der Waals surface area contributed by atoms with E-state index in [1.807, 2.05) is 19.1 Å². The summed E-state index contributed by atoms with van der Waals surface area (Å²) in [5, 5.41) is 3.13. The minimum Gasteiger partial charge on any atom is -0.386 e. The standard InChI is InChI=1S/C16H15BrClN5O2.ClH/c1-16(8-25-7-13(19)23-16)9-2-10(17)4-12(3-9)22-15(24)14-20-5-11(18)6-21-14;/h2-6H,7-8H2,1H3,(H2,19,23)(H,22,24);1H/t16-;/m0./s1. The summed E-state index contributed by atoms with van der Waals surface area (Å²) in [5.74, 6) is 0.0306. The van der Waals surface area contributed by atoms with Crippen molar-refractivity contribution in [1.82, 2.24) is 9.97 Å². The molecule has 0 spiro atoms. The summed E-state index contributed by atoms with van der Waals surface area (Å²) < 4.78 is 6.29. The molecule has 3 N–H and O–H groups in total. The Morgan fingerprint density at radius 1 is 1.35 bits per heavy atom. The molecule has 0 aliphatic carbocycles. The number of benzene rings is 1. The molecular weight excluding hydrogens is 445 g/mol. The lowest BCUT2D eigenvalue weighted by Gasteiger charge is -2.30. The second kappa shape index (κ2) is 8.30.